The maximum Gasteiger partial charge on any atom is 0.241 e. The number of aryl methyl sites for hydroxylation is 2. The van der Waals surface area contributed by atoms with Crippen molar-refractivity contribution in [3.05, 3.63) is 59.4 Å². The molecule has 1 amide bonds. The average molecular weight is 355 g/mol. The van der Waals surface area contributed by atoms with Gasteiger partial charge in [0, 0.05) is 37.6 Å². The first kappa shape index (κ1) is 18.4. The molecule has 4 nitrogen and oxygen atoms in total. The van der Waals surface area contributed by atoms with Crippen LogP contribution in [0.25, 0.3) is 0 Å². The molecule has 1 atom stereocenters. The molecule has 0 bridgehead atoms. The number of benzene rings is 2. The predicted octanol–water partition coefficient (Wildman–Crippen LogP) is 3.59. The number of hydrogen-bond donors (Lipinski definition) is 1. The van der Waals surface area contributed by atoms with Crippen LogP contribution in [0.4, 0.5) is 15.8 Å². The van der Waals surface area contributed by atoms with Crippen molar-refractivity contribution in [3.63, 3.8) is 0 Å². The van der Waals surface area contributed by atoms with E-state index in [9.17, 15) is 9.18 Å². The van der Waals surface area contributed by atoms with Gasteiger partial charge >= 0.3 is 0 Å². The lowest BCUT2D eigenvalue weighted by molar-refractivity contribution is -0.120. The van der Waals surface area contributed by atoms with Crippen molar-refractivity contribution in [3.8, 4) is 0 Å². The van der Waals surface area contributed by atoms with E-state index in [2.05, 4.69) is 21.2 Å². The summed E-state index contributed by atoms with van der Waals surface area (Å²) in [6, 6.07) is 12.5. The van der Waals surface area contributed by atoms with E-state index < -0.39 is 0 Å². The fourth-order valence-electron chi connectivity index (χ4n) is 3.48. The molecular formula is C21H26FN3O. The summed E-state index contributed by atoms with van der Waals surface area (Å²) in [7, 11) is 0. The molecule has 2 aromatic rings. The number of anilines is 2. The van der Waals surface area contributed by atoms with Gasteiger partial charge < -0.3 is 10.2 Å². The Kier molecular flexibility index (Phi) is 5.57. The summed E-state index contributed by atoms with van der Waals surface area (Å²) in [4.78, 5) is 17.0. The number of amides is 1. The highest BCUT2D eigenvalue weighted by atomic mass is 19.1. The molecule has 1 unspecified atom stereocenters. The number of halogens is 1. The van der Waals surface area contributed by atoms with E-state index in [1.165, 1.54) is 12.1 Å². The number of piperazine rings is 1. The maximum absolute atomic E-state index is 13.1. The van der Waals surface area contributed by atoms with Crippen LogP contribution in [0, 0.1) is 19.7 Å². The molecule has 1 saturated heterocycles. The monoisotopic (exact) mass is 355 g/mol. The van der Waals surface area contributed by atoms with Crippen molar-refractivity contribution in [1.29, 1.82) is 0 Å². The minimum Gasteiger partial charge on any atom is -0.369 e. The zero-order valence-electron chi connectivity index (χ0n) is 15.6. The lowest BCUT2D eigenvalue weighted by Gasteiger charge is -2.38. The van der Waals surface area contributed by atoms with E-state index in [1.54, 1.807) is 12.1 Å². The largest absolute Gasteiger partial charge is 0.369 e. The van der Waals surface area contributed by atoms with Gasteiger partial charge in [0.15, 0.2) is 0 Å². The highest BCUT2D eigenvalue weighted by Gasteiger charge is 2.25. The number of carbonyl (C=O) groups excluding carboxylic acids is 1. The zero-order chi connectivity index (χ0) is 18.7. The minimum atomic E-state index is -0.218. The fourth-order valence-corrected chi connectivity index (χ4v) is 3.48. The van der Waals surface area contributed by atoms with Crippen molar-refractivity contribution < 1.29 is 9.18 Å². The number of nitrogens with one attached hydrogen (secondary N) is 1. The first-order valence-corrected chi connectivity index (χ1v) is 9.06. The van der Waals surface area contributed by atoms with Crippen LogP contribution in [0.15, 0.2) is 42.5 Å². The smallest absolute Gasteiger partial charge is 0.241 e. The SMILES string of the molecule is Cc1cc(C)cc(NC(=O)C(C)N2CCN(c3ccc(F)cc3)CC2)c1. The van der Waals surface area contributed by atoms with Crippen LogP contribution >= 0.6 is 0 Å². The summed E-state index contributed by atoms with van der Waals surface area (Å²) >= 11 is 0. The van der Waals surface area contributed by atoms with Gasteiger partial charge in [0.2, 0.25) is 5.91 Å². The molecule has 1 heterocycles. The summed E-state index contributed by atoms with van der Waals surface area (Å²) in [5, 5.41) is 3.03. The predicted molar refractivity (Wildman–Crippen MR) is 104 cm³/mol. The molecule has 1 aliphatic heterocycles. The molecule has 5 heteroatoms. The van der Waals surface area contributed by atoms with Gasteiger partial charge in [-0.1, -0.05) is 6.07 Å². The Bertz CT molecular complexity index is 747. The van der Waals surface area contributed by atoms with E-state index in [0.717, 1.165) is 48.7 Å². The van der Waals surface area contributed by atoms with Crippen LogP contribution in [-0.2, 0) is 4.79 Å². The Morgan fingerprint density at radius 3 is 2.15 bits per heavy atom. The van der Waals surface area contributed by atoms with Gasteiger partial charge in [-0.2, -0.15) is 0 Å². The Morgan fingerprint density at radius 2 is 1.58 bits per heavy atom. The van der Waals surface area contributed by atoms with E-state index in [-0.39, 0.29) is 17.8 Å². The molecule has 0 aliphatic carbocycles. The molecule has 1 aliphatic rings. The molecule has 0 radical (unpaired) electrons. The minimum absolute atomic E-state index is 0.0187. The number of hydrogen-bond acceptors (Lipinski definition) is 3. The maximum atomic E-state index is 13.1. The van der Waals surface area contributed by atoms with Gasteiger partial charge in [-0.05, 0) is 68.3 Å². The van der Waals surface area contributed by atoms with Crippen molar-refractivity contribution >= 4 is 17.3 Å². The highest BCUT2D eigenvalue weighted by Crippen LogP contribution is 2.19. The normalized spacial score (nSPS) is 16.4. The molecule has 1 fully saturated rings. The van der Waals surface area contributed by atoms with Gasteiger partial charge in [0.25, 0.3) is 0 Å². The van der Waals surface area contributed by atoms with Gasteiger partial charge in [-0.25, -0.2) is 4.39 Å². The fraction of sp³-hybridized carbons (Fsp3) is 0.381. The summed E-state index contributed by atoms with van der Waals surface area (Å²) in [5.41, 5.74) is 4.16. The zero-order valence-corrected chi connectivity index (χ0v) is 15.6. The number of carbonyl (C=O) groups is 1. The van der Waals surface area contributed by atoms with Gasteiger partial charge in [0.1, 0.15) is 5.82 Å². The molecular weight excluding hydrogens is 329 g/mol. The third-order valence-corrected chi connectivity index (χ3v) is 4.92. The van der Waals surface area contributed by atoms with Gasteiger partial charge in [-0.15, -0.1) is 0 Å². The first-order chi connectivity index (χ1) is 12.4. The van der Waals surface area contributed by atoms with Crippen molar-refractivity contribution in [2.45, 2.75) is 26.8 Å². The highest BCUT2D eigenvalue weighted by molar-refractivity contribution is 5.94. The van der Waals surface area contributed by atoms with Crippen LogP contribution in [0.3, 0.4) is 0 Å². The van der Waals surface area contributed by atoms with E-state index in [4.69, 9.17) is 0 Å². The van der Waals surface area contributed by atoms with Crippen molar-refractivity contribution in [1.82, 2.24) is 4.90 Å². The quantitative estimate of drug-likeness (QED) is 0.910. The Morgan fingerprint density at radius 1 is 1.00 bits per heavy atom. The lowest BCUT2D eigenvalue weighted by Crippen LogP contribution is -2.52. The molecule has 138 valence electrons. The van der Waals surface area contributed by atoms with E-state index in [1.807, 2.05) is 32.9 Å². The molecule has 3 rings (SSSR count). The summed E-state index contributed by atoms with van der Waals surface area (Å²) in [6.45, 7) is 9.27. The van der Waals surface area contributed by atoms with Crippen LogP contribution < -0.4 is 10.2 Å². The van der Waals surface area contributed by atoms with Crippen molar-refractivity contribution in [2.24, 2.45) is 0 Å². The topological polar surface area (TPSA) is 35.6 Å². The Balaban J connectivity index is 1.56. The van der Waals surface area contributed by atoms with Gasteiger partial charge in [-0.3, -0.25) is 9.69 Å². The molecule has 1 N–H and O–H groups in total. The molecule has 2 aromatic carbocycles. The number of nitrogens with zero attached hydrogens (tertiary/aromatic N) is 2. The van der Waals surface area contributed by atoms with Crippen LogP contribution in [0.1, 0.15) is 18.1 Å². The molecule has 0 saturated carbocycles. The Hall–Kier alpha value is -2.40. The number of rotatable bonds is 4. The van der Waals surface area contributed by atoms with Crippen molar-refractivity contribution in [2.75, 3.05) is 36.4 Å². The first-order valence-electron chi connectivity index (χ1n) is 9.06. The van der Waals surface area contributed by atoms with Crippen LogP contribution in [0.2, 0.25) is 0 Å². The van der Waals surface area contributed by atoms with E-state index in [0.29, 0.717) is 0 Å². The third-order valence-electron chi connectivity index (χ3n) is 4.92. The lowest BCUT2D eigenvalue weighted by atomic mass is 10.1. The van der Waals surface area contributed by atoms with Crippen LogP contribution in [-0.4, -0.2) is 43.0 Å². The second kappa shape index (κ2) is 7.87. The Labute approximate surface area is 154 Å². The third kappa shape index (κ3) is 4.41. The summed E-state index contributed by atoms with van der Waals surface area (Å²) < 4.78 is 13.1. The van der Waals surface area contributed by atoms with Gasteiger partial charge in [0.05, 0.1) is 6.04 Å². The summed E-state index contributed by atoms with van der Waals surface area (Å²) in [5.74, 6) is -0.200. The molecule has 0 spiro atoms. The second-order valence-electron chi connectivity index (χ2n) is 7.04. The average Bonchev–Trinajstić information content (AvgIpc) is 2.61. The van der Waals surface area contributed by atoms with E-state index >= 15 is 0 Å². The summed E-state index contributed by atoms with van der Waals surface area (Å²) in [6.07, 6.45) is 0. The second-order valence-corrected chi connectivity index (χ2v) is 7.04. The molecule has 0 aromatic heterocycles. The molecule has 26 heavy (non-hydrogen) atoms. The standard InChI is InChI=1S/C21H26FN3O/c1-15-12-16(2)14-19(13-15)23-21(26)17(3)24-8-10-25(11-9-24)20-6-4-18(22)5-7-20/h4-7,12-14,17H,8-11H2,1-3H3,(H,23,26). The van der Waals surface area contributed by atoms with Crippen LogP contribution in [0.5, 0.6) is 0 Å².